The van der Waals surface area contributed by atoms with Gasteiger partial charge < -0.3 is 10.6 Å². The lowest BCUT2D eigenvalue weighted by atomic mass is 9.96. The Kier molecular flexibility index (Phi) is 4.83. The summed E-state index contributed by atoms with van der Waals surface area (Å²) in [7, 11) is 0. The molecule has 0 aromatic carbocycles. The van der Waals surface area contributed by atoms with E-state index in [0.29, 0.717) is 42.2 Å². The number of nitrogen functional groups attached to an aromatic ring is 1. The minimum atomic E-state index is -4.37. The van der Waals surface area contributed by atoms with Crippen molar-refractivity contribution in [2.24, 2.45) is 0 Å². The number of alkyl halides is 3. The Morgan fingerprint density at radius 1 is 1.37 bits per heavy atom. The Morgan fingerprint density at radius 3 is 2.74 bits per heavy atom. The van der Waals surface area contributed by atoms with E-state index in [-0.39, 0.29) is 11.9 Å². The molecule has 0 saturated carbocycles. The number of carbonyl (C=O) groups excluding carboxylic acids is 1. The summed E-state index contributed by atoms with van der Waals surface area (Å²) in [6.07, 6.45) is -2.10. The molecular formula is C17H21F3N6O. The van der Waals surface area contributed by atoms with Gasteiger partial charge in [0.15, 0.2) is 0 Å². The molecule has 0 saturated heterocycles. The smallest absolute Gasteiger partial charge is 0.368 e. The summed E-state index contributed by atoms with van der Waals surface area (Å²) in [5.74, 6) is -0.625. The third-order valence-electron chi connectivity index (χ3n) is 4.85. The molecule has 2 aromatic rings. The number of anilines is 1. The van der Waals surface area contributed by atoms with Gasteiger partial charge in [0, 0.05) is 24.0 Å². The van der Waals surface area contributed by atoms with Crippen LogP contribution in [0.25, 0.3) is 0 Å². The van der Waals surface area contributed by atoms with Gasteiger partial charge in [0.1, 0.15) is 6.54 Å². The van der Waals surface area contributed by atoms with Gasteiger partial charge in [0.05, 0.1) is 23.9 Å². The van der Waals surface area contributed by atoms with E-state index in [1.165, 1.54) is 0 Å². The number of nitrogens with zero attached hydrogens (tertiary/aromatic N) is 5. The standard InChI is InChI=1S/C17H21F3N6O/c1-9(14-10(2)24-26(11(14)3)8-17(18,19)20)15(27)25-5-4-12-6-22-16(21)23-13(12)7-25/h6,9H,4-5,7-8H2,1-3H3,(H2,21,22,23). The van der Waals surface area contributed by atoms with Crippen molar-refractivity contribution in [3.05, 3.63) is 34.4 Å². The van der Waals surface area contributed by atoms with Gasteiger partial charge in [-0.1, -0.05) is 0 Å². The summed E-state index contributed by atoms with van der Waals surface area (Å²) in [6, 6.07) is 0. The summed E-state index contributed by atoms with van der Waals surface area (Å²) in [5.41, 5.74) is 8.60. The molecule has 0 bridgehead atoms. The van der Waals surface area contributed by atoms with E-state index in [0.717, 1.165) is 10.2 Å². The minimum absolute atomic E-state index is 0.149. The lowest BCUT2D eigenvalue weighted by Gasteiger charge is -2.30. The monoisotopic (exact) mass is 382 g/mol. The van der Waals surface area contributed by atoms with Crippen molar-refractivity contribution in [1.29, 1.82) is 0 Å². The predicted octanol–water partition coefficient (Wildman–Crippen LogP) is 2.12. The van der Waals surface area contributed by atoms with Crippen LogP contribution < -0.4 is 5.73 Å². The lowest BCUT2D eigenvalue weighted by Crippen LogP contribution is -2.39. The average Bonchev–Trinajstić information content (AvgIpc) is 2.84. The number of fused-ring (bicyclic) bond motifs is 1. The fourth-order valence-electron chi connectivity index (χ4n) is 3.57. The van der Waals surface area contributed by atoms with Crippen LogP contribution in [0.2, 0.25) is 0 Å². The number of halogens is 3. The maximum atomic E-state index is 13.0. The first-order valence-corrected chi connectivity index (χ1v) is 8.56. The van der Waals surface area contributed by atoms with Gasteiger partial charge in [0.25, 0.3) is 0 Å². The fourth-order valence-corrected chi connectivity index (χ4v) is 3.57. The van der Waals surface area contributed by atoms with Crippen molar-refractivity contribution in [3.8, 4) is 0 Å². The van der Waals surface area contributed by atoms with Gasteiger partial charge in [-0.3, -0.25) is 9.48 Å². The third-order valence-corrected chi connectivity index (χ3v) is 4.85. The van der Waals surface area contributed by atoms with Crippen molar-refractivity contribution < 1.29 is 18.0 Å². The molecule has 0 radical (unpaired) electrons. The SMILES string of the molecule is Cc1nn(CC(F)(F)F)c(C)c1C(C)C(=O)N1CCc2cnc(N)nc2C1. The van der Waals surface area contributed by atoms with Crippen LogP contribution in [0.1, 0.15) is 41.1 Å². The van der Waals surface area contributed by atoms with E-state index in [1.807, 2.05) is 0 Å². The molecule has 1 aliphatic heterocycles. The van der Waals surface area contributed by atoms with E-state index in [2.05, 4.69) is 15.1 Å². The van der Waals surface area contributed by atoms with Crippen molar-refractivity contribution in [3.63, 3.8) is 0 Å². The van der Waals surface area contributed by atoms with Gasteiger partial charge in [-0.15, -0.1) is 0 Å². The quantitative estimate of drug-likeness (QED) is 0.878. The number of carbonyl (C=O) groups is 1. The van der Waals surface area contributed by atoms with Crippen molar-refractivity contribution in [2.45, 2.75) is 52.4 Å². The summed E-state index contributed by atoms with van der Waals surface area (Å²) in [4.78, 5) is 22.8. The Bertz CT molecular complexity index is 876. The molecule has 2 aromatic heterocycles. The second-order valence-corrected chi connectivity index (χ2v) is 6.79. The highest BCUT2D eigenvalue weighted by molar-refractivity contribution is 5.84. The zero-order valence-corrected chi connectivity index (χ0v) is 15.3. The molecule has 7 nitrogen and oxygen atoms in total. The van der Waals surface area contributed by atoms with Crippen molar-refractivity contribution in [2.75, 3.05) is 12.3 Å². The van der Waals surface area contributed by atoms with Gasteiger partial charge >= 0.3 is 6.18 Å². The maximum absolute atomic E-state index is 13.0. The summed E-state index contributed by atoms with van der Waals surface area (Å²) < 4.78 is 39.1. The minimum Gasteiger partial charge on any atom is -0.368 e. The highest BCUT2D eigenvalue weighted by atomic mass is 19.4. The molecule has 146 valence electrons. The zero-order chi connectivity index (χ0) is 19.9. The zero-order valence-electron chi connectivity index (χ0n) is 15.3. The summed E-state index contributed by atoms with van der Waals surface area (Å²) >= 11 is 0. The molecule has 3 rings (SSSR count). The van der Waals surface area contributed by atoms with Crippen LogP contribution in [0.5, 0.6) is 0 Å². The van der Waals surface area contributed by atoms with Crippen molar-refractivity contribution in [1.82, 2.24) is 24.6 Å². The third kappa shape index (κ3) is 3.88. The van der Waals surface area contributed by atoms with E-state index in [9.17, 15) is 18.0 Å². The molecule has 1 unspecified atom stereocenters. The first-order chi connectivity index (χ1) is 12.6. The Morgan fingerprint density at radius 2 is 2.07 bits per heavy atom. The van der Waals surface area contributed by atoms with Crippen LogP contribution in [-0.4, -0.2) is 43.3 Å². The van der Waals surface area contributed by atoms with E-state index in [4.69, 9.17) is 5.73 Å². The molecule has 0 spiro atoms. The molecule has 2 N–H and O–H groups in total. The van der Waals surface area contributed by atoms with E-state index < -0.39 is 18.6 Å². The molecule has 0 aliphatic carbocycles. The largest absolute Gasteiger partial charge is 0.408 e. The first-order valence-electron chi connectivity index (χ1n) is 8.56. The number of rotatable bonds is 3. The Labute approximate surface area is 154 Å². The average molecular weight is 382 g/mol. The first kappa shape index (κ1) is 19.1. The van der Waals surface area contributed by atoms with Crippen molar-refractivity contribution >= 4 is 11.9 Å². The normalized spacial score (nSPS) is 15.6. The molecule has 1 amide bonds. The number of hydrogen-bond donors (Lipinski definition) is 1. The van der Waals surface area contributed by atoms with Gasteiger partial charge in [-0.25, -0.2) is 9.97 Å². The Balaban J connectivity index is 1.82. The van der Waals surface area contributed by atoms with E-state index >= 15 is 0 Å². The number of amides is 1. The van der Waals surface area contributed by atoms with Crippen LogP contribution >= 0.6 is 0 Å². The van der Waals surface area contributed by atoms with Crippen LogP contribution in [0.15, 0.2) is 6.20 Å². The van der Waals surface area contributed by atoms with Crippen LogP contribution in [-0.2, 0) is 24.3 Å². The highest BCUT2D eigenvalue weighted by Gasteiger charge is 2.33. The van der Waals surface area contributed by atoms with Crippen LogP contribution in [0.4, 0.5) is 19.1 Å². The predicted molar refractivity (Wildman–Crippen MR) is 91.7 cm³/mol. The van der Waals surface area contributed by atoms with Gasteiger partial charge in [-0.2, -0.15) is 18.3 Å². The van der Waals surface area contributed by atoms with Crippen LogP contribution in [0, 0.1) is 13.8 Å². The molecule has 1 aliphatic rings. The molecular weight excluding hydrogens is 361 g/mol. The second kappa shape index (κ2) is 6.82. The summed E-state index contributed by atoms with van der Waals surface area (Å²) in [5, 5.41) is 3.98. The summed E-state index contributed by atoms with van der Waals surface area (Å²) in [6.45, 7) is 4.51. The molecule has 10 heteroatoms. The number of hydrogen-bond acceptors (Lipinski definition) is 5. The maximum Gasteiger partial charge on any atom is 0.408 e. The van der Waals surface area contributed by atoms with E-state index in [1.54, 1.807) is 31.9 Å². The van der Waals surface area contributed by atoms with Crippen LogP contribution in [0.3, 0.4) is 0 Å². The highest BCUT2D eigenvalue weighted by Crippen LogP contribution is 2.29. The molecule has 3 heterocycles. The number of nitrogens with two attached hydrogens (primary N) is 1. The fraction of sp³-hybridized carbons (Fsp3) is 0.529. The number of aromatic nitrogens is 4. The molecule has 0 fully saturated rings. The van der Waals surface area contributed by atoms with Gasteiger partial charge in [-0.05, 0) is 32.8 Å². The molecule has 1 atom stereocenters. The van der Waals surface area contributed by atoms with Gasteiger partial charge in [0.2, 0.25) is 11.9 Å². The Hall–Kier alpha value is -2.65. The topological polar surface area (TPSA) is 89.9 Å². The molecule has 27 heavy (non-hydrogen) atoms. The second-order valence-electron chi connectivity index (χ2n) is 6.79. The number of aryl methyl sites for hydroxylation is 1. The lowest BCUT2D eigenvalue weighted by molar-refractivity contribution is -0.143.